The predicted molar refractivity (Wildman–Crippen MR) is 76.4 cm³/mol. The highest BCUT2D eigenvalue weighted by molar-refractivity contribution is 9.10. The lowest BCUT2D eigenvalue weighted by molar-refractivity contribution is 0.345. The molecule has 90 valence electrons. The Bertz CT molecular complexity index is 529. The minimum absolute atomic E-state index is 0.752. The van der Waals surface area contributed by atoms with Crippen molar-refractivity contribution in [2.24, 2.45) is 5.92 Å². The van der Waals surface area contributed by atoms with Gasteiger partial charge < -0.3 is 4.98 Å². The van der Waals surface area contributed by atoms with Gasteiger partial charge in [0.05, 0.1) is 5.52 Å². The molecule has 0 aliphatic heterocycles. The van der Waals surface area contributed by atoms with Crippen LogP contribution in [-0.4, -0.2) is 4.98 Å². The molecule has 0 radical (unpaired) electrons. The second-order valence-corrected chi connectivity index (χ2v) is 6.23. The topological polar surface area (TPSA) is 15.8 Å². The third-order valence-electron chi connectivity index (χ3n) is 4.07. The number of halogens is 1. The van der Waals surface area contributed by atoms with Crippen molar-refractivity contribution in [3.63, 3.8) is 0 Å². The molecule has 1 heterocycles. The fourth-order valence-corrected chi connectivity index (χ4v) is 3.67. The number of aromatic amines is 1. The quantitative estimate of drug-likeness (QED) is 0.741. The summed E-state index contributed by atoms with van der Waals surface area (Å²) in [4.78, 5) is 3.42. The lowest BCUT2D eigenvalue weighted by atomic mass is 9.79. The molecule has 1 nitrogen and oxygen atoms in total. The number of benzene rings is 1. The minimum atomic E-state index is 0.752. The molecule has 0 saturated heterocycles. The van der Waals surface area contributed by atoms with Crippen LogP contribution < -0.4 is 0 Å². The van der Waals surface area contributed by atoms with Crippen molar-refractivity contribution in [1.82, 2.24) is 4.98 Å². The van der Waals surface area contributed by atoms with E-state index in [-0.39, 0.29) is 0 Å². The van der Waals surface area contributed by atoms with Crippen molar-refractivity contribution in [2.75, 3.05) is 0 Å². The lowest BCUT2D eigenvalue weighted by Gasteiger charge is -2.26. The SMILES string of the molecule is CC1CCCC(c2c[nH]c3c(Br)cccc23)C1. The smallest absolute Gasteiger partial charge is 0.0601 e. The van der Waals surface area contributed by atoms with Gasteiger partial charge in [-0.2, -0.15) is 0 Å². The molecule has 1 aliphatic carbocycles. The molecule has 2 aromatic rings. The first-order chi connectivity index (χ1) is 8.25. The van der Waals surface area contributed by atoms with Crippen LogP contribution >= 0.6 is 15.9 Å². The van der Waals surface area contributed by atoms with Crippen molar-refractivity contribution in [3.05, 3.63) is 34.4 Å². The maximum absolute atomic E-state index is 3.61. The van der Waals surface area contributed by atoms with E-state index in [1.54, 1.807) is 0 Å². The predicted octanol–water partition coefficient (Wildman–Crippen LogP) is 5.22. The highest BCUT2D eigenvalue weighted by Gasteiger charge is 2.22. The van der Waals surface area contributed by atoms with Crippen LogP contribution in [0.3, 0.4) is 0 Å². The highest BCUT2D eigenvalue weighted by Crippen LogP contribution is 2.39. The Hall–Kier alpha value is -0.760. The van der Waals surface area contributed by atoms with Gasteiger partial charge in [0, 0.05) is 16.1 Å². The first-order valence-electron chi connectivity index (χ1n) is 6.51. The Balaban J connectivity index is 2.02. The molecule has 0 bridgehead atoms. The number of rotatable bonds is 1. The molecule has 1 aromatic carbocycles. The molecule has 0 spiro atoms. The zero-order valence-corrected chi connectivity index (χ0v) is 11.8. The summed E-state index contributed by atoms with van der Waals surface area (Å²) < 4.78 is 1.17. The monoisotopic (exact) mass is 291 g/mol. The van der Waals surface area contributed by atoms with Gasteiger partial charge in [-0.3, -0.25) is 0 Å². The summed E-state index contributed by atoms with van der Waals surface area (Å²) in [6.45, 7) is 2.39. The molecule has 17 heavy (non-hydrogen) atoms. The van der Waals surface area contributed by atoms with Crippen LogP contribution in [0.25, 0.3) is 10.9 Å². The van der Waals surface area contributed by atoms with Crippen LogP contribution in [0.15, 0.2) is 28.9 Å². The van der Waals surface area contributed by atoms with Crippen molar-refractivity contribution in [2.45, 2.75) is 38.5 Å². The largest absolute Gasteiger partial charge is 0.360 e. The second kappa shape index (κ2) is 4.49. The van der Waals surface area contributed by atoms with E-state index in [2.05, 4.69) is 52.2 Å². The third-order valence-corrected chi connectivity index (χ3v) is 4.73. The Morgan fingerprint density at radius 3 is 3.00 bits per heavy atom. The average Bonchev–Trinajstić information content (AvgIpc) is 2.74. The van der Waals surface area contributed by atoms with Gasteiger partial charge in [0.15, 0.2) is 0 Å². The zero-order valence-electron chi connectivity index (χ0n) is 10.2. The van der Waals surface area contributed by atoms with Crippen LogP contribution in [0.2, 0.25) is 0 Å². The summed E-state index contributed by atoms with van der Waals surface area (Å²) in [6.07, 6.45) is 7.70. The molecule has 2 heteroatoms. The Morgan fingerprint density at radius 1 is 1.29 bits per heavy atom. The number of hydrogen-bond donors (Lipinski definition) is 1. The molecule has 1 aromatic heterocycles. The lowest BCUT2D eigenvalue weighted by Crippen LogP contribution is -2.11. The van der Waals surface area contributed by atoms with Crippen molar-refractivity contribution >= 4 is 26.8 Å². The molecular weight excluding hydrogens is 274 g/mol. The van der Waals surface area contributed by atoms with Gasteiger partial charge in [0.25, 0.3) is 0 Å². The van der Waals surface area contributed by atoms with E-state index in [1.165, 1.54) is 46.6 Å². The first-order valence-corrected chi connectivity index (χ1v) is 7.30. The summed E-state index contributed by atoms with van der Waals surface area (Å²) in [5, 5.41) is 1.40. The number of nitrogens with one attached hydrogen (secondary N) is 1. The minimum Gasteiger partial charge on any atom is -0.360 e. The number of fused-ring (bicyclic) bond motifs is 1. The van der Waals surface area contributed by atoms with E-state index in [1.807, 2.05) is 0 Å². The third kappa shape index (κ3) is 2.03. The van der Waals surface area contributed by atoms with Crippen LogP contribution in [0.4, 0.5) is 0 Å². The van der Waals surface area contributed by atoms with Gasteiger partial charge in [0.2, 0.25) is 0 Å². The van der Waals surface area contributed by atoms with E-state index in [9.17, 15) is 0 Å². The van der Waals surface area contributed by atoms with E-state index >= 15 is 0 Å². The van der Waals surface area contributed by atoms with Crippen LogP contribution in [0, 0.1) is 5.92 Å². The van der Waals surface area contributed by atoms with Crippen molar-refractivity contribution < 1.29 is 0 Å². The Kier molecular flexibility index (Phi) is 2.99. The van der Waals surface area contributed by atoms with Gasteiger partial charge in [-0.05, 0) is 52.2 Å². The maximum Gasteiger partial charge on any atom is 0.0601 e. The normalized spacial score (nSPS) is 25.3. The molecular formula is C15H18BrN. The van der Waals surface area contributed by atoms with Crippen molar-refractivity contribution in [3.8, 4) is 0 Å². The Morgan fingerprint density at radius 2 is 2.18 bits per heavy atom. The second-order valence-electron chi connectivity index (χ2n) is 5.38. The summed E-state index contributed by atoms with van der Waals surface area (Å²) >= 11 is 3.61. The summed E-state index contributed by atoms with van der Waals surface area (Å²) in [6, 6.07) is 6.48. The van der Waals surface area contributed by atoms with Gasteiger partial charge in [0.1, 0.15) is 0 Å². The van der Waals surface area contributed by atoms with Gasteiger partial charge in [-0.1, -0.05) is 31.9 Å². The van der Waals surface area contributed by atoms with Crippen LogP contribution in [0.1, 0.15) is 44.1 Å². The number of para-hydroxylation sites is 1. The van der Waals surface area contributed by atoms with E-state index in [0.717, 1.165) is 11.8 Å². The van der Waals surface area contributed by atoms with Gasteiger partial charge >= 0.3 is 0 Å². The molecule has 1 saturated carbocycles. The maximum atomic E-state index is 3.61. The number of aromatic nitrogens is 1. The van der Waals surface area contributed by atoms with Gasteiger partial charge in [-0.15, -0.1) is 0 Å². The number of H-pyrrole nitrogens is 1. The molecule has 2 atom stereocenters. The molecule has 3 rings (SSSR count). The zero-order chi connectivity index (χ0) is 11.8. The van der Waals surface area contributed by atoms with E-state index < -0.39 is 0 Å². The van der Waals surface area contributed by atoms with E-state index in [4.69, 9.17) is 0 Å². The summed E-state index contributed by atoms with van der Waals surface area (Å²) in [5.74, 6) is 1.63. The standard InChI is InChI=1S/C15H18BrN/c1-10-4-2-5-11(8-10)13-9-17-15-12(13)6-3-7-14(15)16/h3,6-7,9-11,17H,2,4-5,8H2,1H3. The molecule has 2 unspecified atom stereocenters. The summed E-state index contributed by atoms with van der Waals surface area (Å²) in [5.41, 5.74) is 2.77. The fourth-order valence-electron chi connectivity index (χ4n) is 3.19. The van der Waals surface area contributed by atoms with Crippen LogP contribution in [-0.2, 0) is 0 Å². The average molecular weight is 292 g/mol. The Labute approximate surface area is 111 Å². The highest BCUT2D eigenvalue weighted by atomic mass is 79.9. The van der Waals surface area contributed by atoms with Gasteiger partial charge in [-0.25, -0.2) is 0 Å². The molecule has 1 N–H and O–H groups in total. The number of hydrogen-bond acceptors (Lipinski definition) is 0. The molecule has 1 fully saturated rings. The molecule has 0 amide bonds. The van der Waals surface area contributed by atoms with E-state index in [0.29, 0.717) is 0 Å². The summed E-state index contributed by atoms with van der Waals surface area (Å²) in [7, 11) is 0. The van der Waals surface area contributed by atoms with Crippen LogP contribution in [0.5, 0.6) is 0 Å². The first kappa shape index (κ1) is 11.3. The van der Waals surface area contributed by atoms with Crippen molar-refractivity contribution in [1.29, 1.82) is 0 Å². The molecule has 1 aliphatic rings. The fraction of sp³-hybridized carbons (Fsp3) is 0.467.